The molecule has 1 aromatic rings. The molecule has 23 heavy (non-hydrogen) atoms. The number of likely N-dealkylation sites (tertiary alicyclic amines) is 1. The zero-order valence-corrected chi connectivity index (χ0v) is 14.3. The summed E-state index contributed by atoms with van der Waals surface area (Å²) in [6, 6.07) is 2.41. The molecule has 3 fully saturated rings. The van der Waals surface area contributed by atoms with E-state index in [4.69, 9.17) is 0 Å². The number of hydrogen-bond donors (Lipinski definition) is 1. The third kappa shape index (κ3) is 2.92. The van der Waals surface area contributed by atoms with Gasteiger partial charge in [-0.15, -0.1) is 0 Å². The molecular weight excluding hydrogens is 286 g/mol. The smallest absolute Gasteiger partial charge is 0.274 e. The van der Waals surface area contributed by atoms with Crippen LogP contribution in [0.15, 0.2) is 6.07 Å². The summed E-state index contributed by atoms with van der Waals surface area (Å²) in [5.74, 6) is 2.98. The predicted molar refractivity (Wildman–Crippen MR) is 90.2 cm³/mol. The molecule has 0 spiro atoms. The van der Waals surface area contributed by atoms with Crippen molar-refractivity contribution in [2.24, 2.45) is 17.8 Å². The van der Waals surface area contributed by atoms with E-state index in [0.29, 0.717) is 11.7 Å². The van der Waals surface area contributed by atoms with E-state index >= 15 is 0 Å². The number of carbonyl (C=O) groups is 1. The summed E-state index contributed by atoms with van der Waals surface area (Å²) >= 11 is 0. The fourth-order valence-corrected chi connectivity index (χ4v) is 5.38. The Labute approximate surface area is 139 Å². The summed E-state index contributed by atoms with van der Waals surface area (Å²) < 4.78 is 0. The molecule has 1 aliphatic heterocycles. The van der Waals surface area contributed by atoms with Crippen molar-refractivity contribution < 1.29 is 4.79 Å². The Balaban J connectivity index is 1.41. The number of amides is 1. The lowest BCUT2D eigenvalue weighted by molar-refractivity contribution is 0.0701. The van der Waals surface area contributed by atoms with Crippen molar-refractivity contribution in [1.29, 1.82) is 0 Å². The van der Waals surface area contributed by atoms with Gasteiger partial charge in [0.25, 0.3) is 5.91 Å². The van der Waals surface area contributed by atoms with E-state index in [-0.39, 0.29) is 5.91 Å². The summed E-state index contributed by atoms with van der Waals surface area (Å²) in [6.45, 7) is 3.06. The largest absolute Gasteiger partial charge is 0.334 e. The van der Waals surface area contributed by atoms with E-state index in [1.807, 2.05) is 6.07 Å². The molecule has 1 N–H and O–H groups in total. The molecule has 126 valence electrons. The van der Waals surface area contributed by atoms with Gasteiger partial charge in [0, 0.05) is 18.3 Å². The van der Waals surface area contributed by atoms with Gasteiger partial charge in [0.05, 0.1) is 0 Å². The zero-order valence-electron chi connectivity index (χ0n) is 14.3. The Morgan fingerprint density at radius 1 is 1.35 bits per heavy atom. The van der Waals surface area contributed by atoms with Crippen LogP contribution in [0.25, 0.3) is 0 Å². The van der Waals surface area contributed by atoms with Gasteiger partial charge in [-0.1, -0.05) is 19.8 Å². The normalized spacial score (nSPS) is 32.8. The first-order chi connectivity index (χ1) is 11.2. The van der Waals surface area contributed by atoms with Crippen molar-refractivity contribution in [2.45, 2.75) is 70.8 Å². The Morgan fingerprint density at radius 2 is 2.26 bits per heavy atom. The molecule has 3 aliphatic rings. The molecule has 4 nitrogen and oxygen atoms in total. The molecular formula is C19H29N3O. The van der Waals surface area contributed by atoms with E-state index in [0.717, 1.165) is 49.3 Å². The molecule has 1 aromatic heterocycles. The quantitative estimate of drug-likeness (QED) is 0.898. The third-order valence-electron chi connectivity index (χ3n) is 6.47. The van der Waals surface area contributed by atoms with Crippen LogP contribution < -0.4 is 0 Å². The lowest BCUT2D eigenvalue weighted by Crippen LogP contribution is -2.37. The fourth-order valence-electron chi connectivity index (χ4n) is 5.38. The second-order valence-electron chi connectivity index (χ2n) is 7.99. The van der Waals surface area contributed by atoms with Crippen LogP contribution in [0.1, 0.15) is 74.5 Å². The highest BCUT2D eigenvalue weighted by atomic mass is 16.2. The number of aromatic amines is 1. The second-order valence-corrected chi connectivity index (χ2v) is 7.99. The van der Waals surface area contributed by atoms with Crippen LogP contribution in [0.2, 0.25) is 0 Å². The lowest BCUT2D eigenvalue weighted by Gasteiger charge is -2.30. The van der Waals surface area contributed by atoms with Gasteiger partial charge in [-0.05, 0) is 68.8 Å². The topological polar surface area (TPSA) is 49.0 Å². The van der Waals surface area contributed by atoms with Crippen LogP contribution >= 0.6 is 0 Å². The number of nitrogens with one attached hydrogen (secondary N) is 1. The molecule has 4 atom stereocenters. The molecule has 0 aromatic carbocycles. The summed E-state index contributed by atoms with van der Waals surface area (Å²) in [4.78, 5) is 15.0. The van der Waals surface area contributed by atoms with Crippen molar-refractivity contribution in [3.05, 3.63) is 17.5 Å². The second kappa shape index (κ2) is 6.29. The van der Waals surface area contributed by atoms with Gasteiger partial charge in [0.15, 0.2) is 0 Å². The van der Waals surface area contributed by atoms with Crippen LogP contribution in [0.4, 0.5) is 0 Å². The van der Waals surface area contributed by atoms with Gasteiger partial charge in [-0.3, -0.25) is 9.89 Å². The van der Waals surface area contributed by atoms with Crippen molar-refractivity contribution in [1.82, 2.24) is 15.1 Å². The number of nitrogens with zero attached hydrogens (tertiary/aromatic N) is 2. The van der Waals surface area contributed by atoms with E-state index in [2.05, 4.69) is 22.0 Å². The Hall–Kier alpha value is -1.32. The Morgan fingerprint density at radius 3 is 3.00 bits per heavy atom. The number of aromatic nitrogens is 2. The molecule has 4 heteroatoms. The van der Waals surface area contributed by atoms with Crippen LogP contribution in [0, 0.1) is 17.8 Å². The maximum absolute atomic E-state index is 12.9. The molecule has 2 aliphatic carbocycles. The van der Waals surface area contributed by atoms with Gasteiger partial charge in [-0.2, -0.15) is 5.10 Å². The minimum Gasteiger partial charge on any atom is -0.334 e. The van der Waals surface area contributed by atoms with E-state index < -0.39 is 0 Å². The Bertz CT molecular complexity index is 567. The first kappa shape index (κ1) is 15.2. The number of fused-ring (bicyclic) bond motifs is 2. The van der Waals surface area contributed by atoms with Crippen molar-refractivity contribution in [2.75, 3.05) is 6.54 Å². The highest BCUT2D eigenvalue weighted by Gasteiger charge is 2.42. The lowest BCUT2D eigenvalue weighted by atomic mass is 9.83. The van der Waals surface area contributed by atoms with E-state index in [1.54, 1.807) is 0 Å². The highest BCUT2D eigenvalue weighted by Crippen LogP contribution is 2.50. The molecule has 2 bridgehead atoms. The maximum atomic E-state index is 12.9. The standard InChI is InChI=1S/C19H29N3O/c1-2-4-16-12-18(21-20-16)19(23)22-8-3-5-17(22)11-15-10-13-6-7-14(15)9-13/h12-15,17H,2-11H2,1H3,(H,20,21)/t13-,14-,15-,17+/m0/s1. The van der Waals surface area contributed by atoms with Gasteiger partial charge in [0.1, 0.15) is 5.69 Å². The van der Waals surface area contributed by atoms with Crippen LogP contribution in [-0.2, 0) is 6.42 Å². The van der Waals surface area contributed by atoms with Crippen molar-refractivity contribution in [3.8, 4) is 0 Å². The summed E-state index contributed by atoms with van der Waals surface area (Å²) in [5.41, 5.74) is 1.70. The molecule has 4 rings (SSSR count). The van der Waals surface area contributed by atoms with Crippen LogP contribution in [0.3, 0.4) is 0 Å². The number of aryl methyl sites for hydroxylation is 1. The predicted octanol–water partition coefficient (Wildman–Crippen LogP) is 3.79. The summed E-state index contributed by atoms with van der Waals surface area (Å²) in [7, 11) is 0. The average Bonchev–Trinajstić information content (AvgIpc) is 3.31. The number of H-pyrrole nitrogens is 1. The molecule has 1 amide bonds. The molecule has 0 radical (unpaired) electrons. The fraction of sp³-hybridized carbons (Fsp3) is 0.789. The van der Waals surface area contributed by atoms with Crippen LogP contribution in [0.5, 0.6) is 0 Å². The SMILES string of the molecule is CCCc1cc(C(=O)N2CCC[C@@H]2C[C@@H]2C[C@H]3CC[C@H]2C3)n[nH]1. The molecule has 0 unspecified atom stereocenters. The number of carbonyl (C=O) groups excluding carboxylic acids is 1. The van der Waals surface area contributed by atoms with Crippen molar-refractivity contribution in [3.63, 3.8) is 0 Å². The maximum Gasteiger partial charge on any atom is 0.274 e. The monoisotopic (exact) mass is 315 g/mol. The van der Waals surface area contributed by atoms with Crippen LogP contribution in [-0.4, -0.2) is 33.6 Å². The minimum absolute atomic E-state index is 0.147. The summed E-state index contributed by atoms with van der Waals surface area (Å²) in [5, 5.41) is 7.29. The van der Waals surface area contributed by atoms with E-state index in [9.17, 15) is 4.79 Å². The number of rotatable bonds is 5. The number of hydrogen-bond acceptors (Lipinski definition) is 2. The zero-order chi connectivity index (χ0) is 15.8. The average molecular weight is 315 g/mol. The van der Waals surface area contributed by atoms with Crippen molar-refractivity contribution >= 4 is 5.91 Å². The Kier molecular flexibility index (Phi) is 4.16. The van der Waals surface area contributed by atoms with E-state index in [1.165, 1.54) is 38.5 Å². The van der Waals surface area contributed by atoms with Gasteiger partial charge in [0.2, 0.25) is 0 Å². The van der Waals surface area contributed by atoms with Gasteiger partial charge >= 0.3 is 0 Å². The first-order valence-corrected chi connectivity index (χ1v) is 9.59. The third-order valence-corrected chi connectivity index (χ3v) is 6.47. The highest BCUT2D eigenvalue weighted by molar-refractivity contribution is 5.92. The van der Waals surface area contributed by atoms with Gasteiger partial charge in [-0.25, -0.2) is 0 Å². The molecule has 1 saturated heterocycles. The summed E-state index contributed by atoms with van der Waals surface area (Å²) in [6.07, 6.45) is 11.4. The van der Waals surface area contributed by atoms with Gasteiger partial charge < -0.3 is 4.90 Å². The molecule has 2 saturated carbocycles. The minimum atomic E-state index is 0.147. The molecule has 2 heterocycles. The first-order valence-electron chi connectivity index (χ1n) is 9.59.